The molecule has 8 nitrogen and oxygen atoms in total. The Balaban J connectivity index is 2.13. The molecule has 0 aromatic heterocycles. The molecule has 0 saturated carbocycles. The van der Waals surface area contributed by atoms with Gasteiger partial charge in [0.1, 0.15) is 17.2 Å². The standard InChI is InChI=1S/C20H26N2O6S/c1-6-18(20(23)21-17-13-16(26-3)11-12-19(17)27-4)28-15-9-7-14(8-10-15)22(2)29(5,24)25/h7-13,18H,6H2,1-5H3,(H,21,23)/t18-/m0/s1. The van der Waals surface area contributed by atoms with Gasteiger partial charge in [0, 0.05) is 13.1 Å². The third kappa shape index (κ3) is 5.77. The van der Waals surface area contributed by atoms with Crippen LogP contribution in [0.15, 0.2) is 42.5 Å². The summed E-state index contributed by atoms with van der Waals surface area (Å²) >= 11 is 0. The van der Waals surface area contributed by atoms with Gasteiger partial charge < -0.3 is 19.5 Å². The van der Waals surface area contributed by atoms with Crippen LogP contribution in [-0.4, -0.2) is 48.0 Å². The van der Waals surface area contributed by atoms with Crippen molar-refractivity contribution in [2.45, 2.75) is 19.4 Å². The zero-order chi connectivity index (χ0) is 21.6. The summed E-state index contributed by atoms with van der Waals surface area (Å²) in [5, 5.41) is 2.80. The van der Waals surface area contributed by atoms with E-state index in [0.717, 1.165) is 10.6 Å². The van der Waals surface area contributed by atoms with Crippen LogP contribution in [-0.2, 0) is 14.8 Å². The summed E-state index contributed by atoms with van der Waals surface area (Å²) < 4.78 is 40.7. The third-order valence-corrected chi connectivity index (χ3v) is 5.51. The van der Waals surface area contributed by atoms with Crippen LogP contribution in [0.4, 0.5) is 11.4 Å². The van der Waals surface area contributed by atoms with E-state index in [1.54, 1.807) is 42.5 Å². The van der Waals surface area contributed by atoms with E-state index in [9.17, 15) is 13.2 Å². The van der Waals surface area contributed by atoms with Crippen LogP contribution in [0.5, 0.6) is 17.2 Å². The largest absolute Gasteiger partial charge is 0.497 e. The predicted molar refractivity (Wildman–Crippen MR) is 113 cm³/mol. The van der Waals surface area contributed by atoms with Gasteiger partial charge in [0.25, 0.3) is 5.91 Å². The molecular formula is C20H26N2O6S. The van der Waals surface area contributed by atoms with Gasteiger partial charge in [0.05, 0.1) is 31.9 Å². The van der Waals surface area contributed by atoms with E-state index in [2.05, 4.69) is 5.32 Å². The minimum atomic E-state index is -3.35. The van der Waals surface area contributed by atoms with Crippen molar-refractivity contribution in [3.05, 3.63) is 42.5 Å². The molecule has 0 heterocycles. The summed E-state index contributed by atoms with van der Waals surface area (Å²) in [4.78, 5) is 12.7. The van der Waals surface area contributed by atoms with E-state index in [1.807, 2.05) is 6.92 Å². The lowest BCUT2D eigenvalue weighted by atomic mass is 10.2. The van der Waals surface area contributed by atoms with Gasteiger partial charge in [-0.05, 0) is 42.8 Å². The summed E-state index contributed by atoms with van der Waals surface area (Å²) in [7, 11) is 1.17. The first-order valence-electron chi connectivity index (χ1n) is 8.93. The van der Waals surface area contributed by atoms with Crippen LogP contribution < -0.4 is 23.8 Å². The van der Waals surface area contributed by atoms with Gasteiger partial charge in [0.15, 0.2) is 6.10 Å². The first-order chi connectivity index (χ1) is 13.7. The molecule has 1 N–H and O–H groups in total. The second-order valence-electron chi connectivity index (χ2n) is 6.29. The number of rotatable bonds is 9. The first-order valence-corrected chi connectivity index (χ1v) is 10.8. The predicted octanol–water partition coefficient (Wildman–Crippen LogP) is 2.90. The van der Waals surface area contributed by atoms with Crippen LogP contribution in [0, 0.1) is 0 Å². The smallest absolute Gasteiger partial charge is 0.265 e. The lowest BCUT2D eigenvalue weighted by Crippen LogP contribution is -2.32. The van der Waals surface area contributed by atoms with Crippen molar-refractivity contribution in [3.8, 4) is 17.2 Å². The number of methoxy groups -OCH3 is 2. The number of amides is 1. The molecule has 0 aliphatic carbocycles. The number of hydrogen-bond donors (Lipinski definition) is 1. The van der Waals surface area contributed by atoms with Crippen LogP contribution in [0.2, 0.25) is 0 Å². The average molecular weight is 423 g/mol. The van der Waals surface area contributed by atoms with E-state index in [4.69, 9.17) is 14.2 Å². The van der Waals surface area contributed by atoms with Crippen molar-refractivity contribution in [2.75, 3.05) is 37.1 Å². The van der Waals surface area contributed by atoms with Crippen LogP contribution >= 0.6 is 0 Å². The molecule has 2 rings (SSSR count). The highest BCUT2D eigenvalue weighted by Crippen LogP contribution is 2.29. The second kappa shape index (κ2) is 9.51. The number of sulfonamides is 1. The molecule has 0 aliphatic rings. The van der Waals surface area contributed by atoms with E-state index in [1.165, 1.54) is 21.3 Å². The summed E-state index contributed by atoms with van der Waals surface area (Å²) in [5.41, 5.74) is 0.975. The van der Waals surface area contributed by atoms with Crippen molar-refractivity contribution in [1.29, 1.82) is 0 Å². The molecular weight excluding hydrogens is 396 g/mol. The minimum Gasteiger partial charge on any atom is -0.497 e. The monoisotopic (exact) mass is 422 g/mol. The van der Waals surface area contributed by atoms with Crippen LogP contribution in [0.1, 0.15) is 13.3 Å². The Kier molecular flexibility index (Phi) is 7.33. The number of nitrogens with one attached hydrogen (secondary N) is 1. The van der Waals surface area contributed by atoms with E-state index >= 15 is 0 Å². The van der Waals surface area contributed by atoms with Gasteiger partial charge >= 0.3 is 0 Å². The number of hydrogen-bond acceptors (Lipinski definition) is 6. The van der Waals surface area contributed by atoms with Crippen molar-refractivity contribution >= 4 is 27.3 Å². The number of nitrogens with zero attached hydrogens (tertiary/aromatic N) is 1. The molecule has 9 heteroatoms. The maximum Gasteiger partial charge on any atom is 0.265 e. The molecule has 29 heavy (non-hydrogen) atoms. The van der Waals surface area contributed by atoms with E-state index in [-0.39, 0.29) is 5.91 Å². The highest BCUT2D eigenvalue weighted by molar-refractivity contribution is 7.92. The maximum absolute atomic E-state index is 12.7. The lowest BCUT2D eigenvalue weighted by molar-refractivity contribution is -0.122. The average Bonchev–Trinajstić information content (AvgIpc) is 2.71. The third-order valence-electron chi connectivity index (χ3n) is 4.30. The van der Waals surface area contributed by atoms with E-state index in [0.29, 0.717) is 35.0 Å². The Labute approximate surface area is 171 Å². The quantitative estimate of drug-likeness (QED) is 0.668. The fourth-order valence-corrected chi connectivity index (χ4v) is 3.04. The van der Waals surface area contributed by atoms with Crippen molar-refractivity contribution in [2.24, 2.45) is 0 Å². The minimum absolute atomic E-state index is 0.337. The highest BCUT2D eigenvalue weighted by Gasteiger charge is 2.21. The summed E-state index contributed by atoms with van der Waals surface area (Å²) in [6.07, 6.45) is 0.814. The van der Waals surface area contributed by atoms with Crippen molar-refractivity contribution in [3.63, 3.8) is 0 Å². The molecule has 0 spiro atoms. The highest BCUT2D eigenvalue weighted by atomic mass is 32.2. The van der Waals surface area contributed by atoms with Crippen molar-refractivity contribution in [1.82, 2.24) is 0 Å². The SMILES string of the molecule is CC[C@H](Oc1ccc(N(C)S(C)(=O)=O)cc1)C(=O)Nc1cc(OC)ccc1OC. The maximum atomic E-state index is 12.7. The van der Waals surface area contributed by atoms with E-state index < -0.39 is 16.1 Å². The Morgan fingerprint density at radius 3 is 2.21 bits per heavy atom. The molecule has 2 aromatic carbocycles. The molecule has 0 bridgehead atoms. The molecule has 2 aromatic rings. The van der Waals surface area contributed by atoms with Gasteiger partial charge in [-0.2, -0.15) is 0 Å². The van der Waals surface area contributed by atoms with Gasteiger partial charge in [-0.1, -0.05) is 6.92 Å². The number of benzene rings is 2. The number of ether oxygens (including phenoxy) is 3. The van der Waals surface area contributed by atoms with Crippen LogP contribution in [0.25, 0.3) is 0 Å². The Bertz CT molecular complexity index is 944. The fraction of sp³-hybridized carbons (Fsp3) is 0.350. The molecule has 1 amide bonds. The molecule has 0 saturated heterocycles. The summed E-state index contributed by atoms with van der Waals surface area (Å²) in [5.74, 6) is 1.20. The molecule has 0 unspecified atom stereocenters. The molecule has 0 aliphatic heterocycles. The number of anilines is 2. The Morgan fingerprint density at radius 2 is 1.69 bits per heavy atom. The number of carbonyl (C=O) groups is 1. The summed E-state index contributed by atoms with van der Waals surface area (Å²) in [6.45, 7) is 1.83. The molecule has 0 radical (unpaired) electrons. The molecule has 0 fully saturated rings. The topological polar surface area (TPSA) is 94.2 Å². The van der Waals surface area contributed by atoms with Crippen LogP contribution in [0.3, 0.4) is 0 Å². The van der Waals surface area contributed by atoms with Gasteiger partial charge in [-0.15, -0.1) is 0 Å². The zero-order valence-electron chi connectivity index (χ0n) is 17.1. The fourth-order valence-electron chi connectivity index (χ4n) is 2.54. The molecule has 158 valence electrons. The Morgan fingerprint density at radius 1 is 1.07 bits per heavy atom. The van der Waals surface area contributed by atoms with Gasteiger partial charge in [-0.25, -0.2) is 8.42 Å². The van der Waals surface area contributed by atoms with Gasteiger partial charge in [-0.3, -0.25) is 9.10 Å². The Hall–Kier alpha value is -2.94. The summed E-state index contributed by atoms with van der Waals surface area (Å²) in [6, 6.07) is 11.6. The normalized spacial score (nSPS) is 12.0. The number of carbonyl (C=O) groups excluding carboxylic acids is 1. The zero-order valence-corrected chi connectivity index (χ0v) is 17.9. The van der Waals surface area contributed by atoms with Crippen molar-refractivity contribution < 1.29 is 27.4 Å². The van der Waals surface area contributed by atoms with Gasteiger partial charge in [0.2, 0.25) is 10.0 Å². The second-order valence-corrected chi connectivity index (χ2v) is 8.31. The molecule has 1 atom stereocenters. The lowest BCUT2D eigenvalue weighted by Gasteiger charge is -2.20. The first kappa shape index (κ1) is 22.4.